The van der Waals surface area contributed by atoms with Gasteiger partial charge >= 0.3 is 6.18 Å². The number of alkyl halides is 3. The molecule has 0 saturated heterocycles. The molecule has 0 aliphatic heterocycles. The summed E-state index contributed by atoms with van der Waals surface area (Å²) in [6.45, 7) is 0. The van der Waals surface area contributed by atoms with Crippen molar-refractivity contribution in [2.45, 2.75) is 25.1 Å². The highest BCUT2D eigenvalue weighted by Crippen LogP contribution is 2.38. The molecule has 0 amide bonds. The average Bonchev–Trinajstić information content (AvgIpc) is 2.11. The first-order valence-electron chi connectivity index (χ1n) is 4.78. The lowest BCUT2D eigenvalue weighted by Gasteiger charge is -2.16. The summed E-state index contributed by atoms with van der Waals surface area (Å²) in [6.07, 6.45) is -5.93. The van der Waals surface area contributed by atoms with Crippen molar-refractivity contribution in [2.75, 3.05) is 0 Å². The van der Waals surface area contributed by atoms with Gasteiger partial charge in [0.1, 0.15) is 17.2 Å². The Morgan fingerprint density at radius 3 is 2.00 bits per heavy atom. The molecule has 1 atom stereocenters. The summed E-state index contributed by atoms with van der Waals surface area (Å²) in [4.78, 5) is 0. The second kappa shape index (κ2) is 4.70. The molecule has 1 aromatic rings. The normalized spacial score (nSPS) is 13.6. The van der Waals surface area contributed by atoms with E-state index in [1.54, 1.807) is 0 Å². The fourth-order valence-electron chi connectivity index (χ4n) is 1.45. The molecule has 0 aromatic heterocycles. The molecule has 0 unspecified atom stereocenters. The second-order valence-corrected chi connectivity index (χ2v) is 3.66. The number of hydrogen-bond donors (Lipinski definition) is 4. The van der Waals surface area contributed by atoms with Crippen LogP contribution in [0.3, 0.4) is 0 Å². The van der Waals surface area contributed by atoms with E-state index in [9.17, 15) is 23.4 Å². The van der Waals surface area contributed by atoms with Gasteiger partial charge in [0.15, 0.2) is 0 Å². The third kappa shape index (κ3) is 3.70. The van der Waals surface area contributed by atoms with Crippen LogP contribution in [0.5, 0.6) is 17.2 Å². The fraction of sp³-hybridized carbons (Fsp3) is 0.400. The largest absolute Gasteiger partial charge is 0.508 e. The highest BCUT2D eigenvalue weighted by atomic mass is 19.4. The molecule has 0 saturated carbocycles. The van der Waals surface area contributed by atoms with Crippen LogP contribution in [-0.4, -0.2) is 21.5 Å². The Balaban J connectivity index is 2.86. The Hall–Kier alpha value is -1.63. The Kier molecular flexibility index (Phi) is 3.72. The predicted octanol–water partition coefficient (Wildman–Crippen LogP) is 2.15. The smallest absolute Gasteiger partial charge is 0.389 e. The van der Waals surface area contributed by atoms with Gasteiger partial charge in [-0.25, -0.2) is 0 Å². The first kappa shape index (κ1) is 13.4. The molecule has 0 aliphatic carbocycles. The van der Waals surface area contributed by atoms with E-state index in [0.29, 0.717) is 0 Å². The number of nitrogens with two attached hydrogens (primary N) is 1. The summed E-state index contributed by atoms with van der Waals surface area (Å²) >= 11 is 0. The van der Waals surface area contributed by atoms with Crippen molar-refractivity contribution in [3.05, 3.63) is 17.7 Å². The lowest BCUT2D eigenvalue weighted by molar-refractivity contribution is -0.136. The molecule has 0 heterocycles. The maximum atomic E-state index is 12.0. The Morgan fingerprint density at radius 1 is 1.12 bits per heavy atom. The van der Waals surface area contributed by atoms with Crippen molar-refractivity contribution >= 4 is 0 Å². The average molecular weight is 251 g/mol. The van der Waals surface area contributed by atoms with E-state index in [0.717, 1.165) is 12.1 Å². The lowest BCUT2D eigenvalue weighted by atomic mass is 10.0. The fourth-order valence-corrected chi connectivity index (χ4v) is 1.45. The zero-order valence-electron chi connectivity index (χ0n) is 8.70. The molecule has 0 spiro atoms. The van der Waals surface area contributed by atoms with Gasteiger partial charge in [0.2, 0.25) is 0 Å². The molecular weight excluding hydrogens is 239 g/mol. The van der Waals surface area contributed by atoms with Crippen molar-refractivity contribution in [1.82, 2.24) is 0 Å². The van der Waals surface area contributed by atoms with Gasteiger partial charge in [-0.15, -0.1) is 0 Å². The number of phenolic OH excluding ortho intramolecular Hbond substituents is 3. The van der Waals surface area contributed by atoms with Crippen LogP contribution in [0.2, 0.25) is 0 Å². The van der Waals surface area contributed by atoms with Crippen LogP contribution in [0.1, 0.15) is 24.4 Å². The van der Waals surface area contributed by atoms with Crippen LogP contribution in [0.15, 0.2) is 12.1 Å². The quantitative estimate of drug-likeness (QED) is 0.663. The first-order chi connectivity index (χ1) is 7.70. The van der Waals surface area contributed by atoms with Crippen molar-refractivity contribution in [1.29, 1.82) is 0 Å². The van der Waals surface area contributed by atoms with Crippen molar-refractivity contribution in [2.24, 2.45) is 5.73 Å². The highest BCUT2D eigenvalue weighted by molar-refractivity contribution is 5.50. The summed E-state index contributed by atoms with van der Waals surface area (Å²) in [5.74, 6) is -1.46. The molecule has 0 aliphatic rings. The van der Waals surface area contributed by atoms with E-state index in [4.69, 9.17) is 10.8 Å². The van der Waals surface area contributed by atoms with E-state index in [1.165, 1.54) is 0 Å². The highest BCUT2D eigenvalue weighted by Gasteiger charge is 2.29. The minimum Gasteiger partial charge on any atom is -0.508 e. The van der Waals surface area contributed by atoms with Crippen LogP contribution < -0.4 is 5.73 Å². The standard InChI is InChI=1S/C10H12F3NO3/c11-10(12,13)2-1-6(14)9-7(16)3-5(15)4-8(9)17/h3-4,6,15-17H,1-2,14H2/t6-/m1/s1. The first-order valence-corrected chi connectivity index (χ1v) is 4.78. The third-order valence-electron chi connectivity index (χ3n) is 2.23. The number of phenols is 3. The summed E-state index contributed by atoms with van der Waals surface area (Å²) in [7, 11) is 0. The van der Waals surface area contributed by atoms with Crippen molar-refractivity contribution < 1.29 is 28.5 Å². The van der Waals surface area contributed by atoms with E-state index >= 15 is 0 Å². The molecule has 0 fully saturated rings. The third-order valence-corrected chi connectivity index (χ3v) is 2.23. The van der Waals surface area contributed by atoms with Crippen molar-refractivity contribution in [3.63, 3.8) is 0 Å². The molecule has 1 aromatic carbocycles. The van der Waals surface area contributed by atoms with E-state index in [2.05, 4.69) is 0 Å². The molecule has 0 bridgehead atoms. The van der Waals surface area contributed by atoms with E-state index in [1.807, 2.05) is 0 Å². The van der Waals surface area contributed by atoms with Gasteiger partial charge in [-0.2, -0.15) is 13.2 Å². The zero-order valence-corrected chi connectivity index (χ0v) is 8.70. The predicted molar refractivity (Wildman–Crippen MR) is 53.7 cm³/mol. The maximum absolute atomic E-state index is 12.0. The van der Waals surface area contributed by atoms with Crippen LogP contribution in [-0.2, 0) is 0 Å². The number of rotatable bonds is 3. The van der Waals surface area contributed by atoms with Gasteiger partial charge in [-0.05, 0) is 6.42 Å². The number of hydrogen-bond acceptors (Lipinski definition) is 4. The molecule has 5 N–H and O–H groups in total. The van der Waals surface area contributed by atoms with Crippen LogP contribution in [0, 0.1) is 0 Å². The van der Waals surface area contributed by atoms with Gasteiger partial charge in [0.05, 0.1) is 5.56 Å². The zero-order chi connectivity index (χ0) is 13.2. The summed E-state index contributed by atoms with van der Waals surface area (Å²) in [5, 5.41) is 27.8. The van der Waals surface area contributed by atoms with Crippen LogP contribution in [0.25, 0.3) is 0 Å². The van der Waals surface area contributed by atoms with Gasteiger partial charge in [-0.1, -0.05) is 0 Å². The van der Waals surface area contributed by atoms with E-state index in [-0.39, 0.29) is 5.56 Å². The number of halogens is 3. The van der Waals surface area contributed by atoms with Crippen LogP contribution in [0.4, 0.5) is 13.2 Å². The molecule has 4 nitrogen and oxygen atoms in total. The SMILES string of the molecule is N[C@H](CCC(F)(F)F)c1c(O)cc(O)cc1O. The van der Waals surface area contributed by atoms with Crippen molar-refractivity contribution in [3.8, 4) is 17.2 Å². The lowest BCUT2D eigenvalue weighted by Crippen LogP contribution is -2.16. The summed E-state index contributed by atoms with van der Waals surface area (Å²) < 4.78 is 35.9. The monoisotopic (exact) mass is 251 g/mol. The Labute approximate surface area is 95.1 Å². The van der Waals surface area contributed by atoms with E-state index < -0.39 is 42.3 Å². The Morgan fingerprint density at radius 2 is 1.59 bits per heavy atom. The Bertz CT molecular complexity index is 383. The van der Waals surface area contributed by atoms with Gasteiger partial charge in [0, 0.05) is 24.6 Å². The molecule has 0 radical (unpaired) electrons. The minimum absolute atomic E-state index is 0.202. The van der Waals surface area contributed by atoms with Crippen LogP contribution >= 0.6 is 0 Å². The summed E-state index contributed by atoms with van der Waals surface area (Å²) in [6, 6.07) is 0.655. The number of benzene rings is 1. The molecule has 7 heteroatoms. The topological polar surface area (TPSA) is 86.7 Å². The molecule has 96 valence electrons. The van der Waals surface area contributed by atoms with Gasteiger partial charge in [0.25, 0.3) is 0 Å². The maximum Gasteiger partial charge on any atom is 0.389 e. The molecular formula is C10H12F3NO3. The van der Waals surface area contributed by atoms with Gasteiger partial charge in [-0.3, -0.25) is 0 Å². The molecule has 1 rings (SSSR count). The minimum atomic E-state index is -4.35. The van der Waals surface area contributed by atoms with Gasteiger partial charge < -0.3 is 21.1 Å². The molecule has 17 heavy (non-hydrogen) atoms. The number of aromatic hydroxyl groups is 3. The second-order valence-electron chi connectivity index (χ2n) is 3.66. The summed E-state index contributed by atoms with van der Waals surface area (Å²) in [5.41, 5.74) is 5.25.